The summed E-state index contributed by atoms with van der Waals surface area (Å²) in [5, 5.41) is 19.1. The average molecular weight is 396 g/mol. The first-order valence-corrected chi connectivity index (χ1v) is 9.95. The van der Waals surface area contributed by atoms with E-state index in [1.807, 2.05) is 0 Å². The maximum Gasteiger partial charge on any atom is 0.337 e. The Balaban J connectivity index is 1.87. The van der Waals surface area contributed by atoms with Gasteiger partial charge in [-0.3, -0.25) is 0 Å². The summed E-state index contributed by atoms with van der Waals surface area (Å²) in [5.41, 5.74) is 1.94. The van der Waals surface area contributed by atoms with Gasteiger partial charge in [-0.25, -0.2) is 17.9 Å². The van der Waals surface area contributed by atoms with E-state index < -0.39 is 28.1 Å². The van der Waals surface area contributed by atoms with Crippen LogP contribution in [-0.4, -0.2) is 24.6 Å². The Morgan fingerprint density at radius 3 is 2.54 bits per heavy atom. The first kappa shape index (κ1) is 18.8. The van der Waals surface area contributed by atoms with Gasteiger partial charge in [-0.05, 0) is 60.2 Å². The normalized spacial score (nSPS) is 18.2. The summed E-state index contributed by atoms with van der Waals surface area (Å²) in [6.45, 7) is 0. The second-order valence-corrected chi connectivity index (χ2v) is 8.37. The minimum absolute atomic E-state index is 0.131. The highest BCUT2D eigenvalue weighted by Gasteiger charge is 2.27. The molecule has 0 bridgehead atoms. The third kappa shape index (κ3) is 3.91. The van der Waals surface area contributed by atoms with Crippen LogP contribution in [0.5, 0.6) is 0 Å². The fraction of sp³-hybridized carbons (Fsp3) is 0.278. The molecule has 8 heteroatoms. The van der Waals surface area contributed by atoms with Crippen molar-refractivity contribution in [3.63, 3.8) is 0 Å². The highest BCUT2D eigenvalue weighted by molar-refractivity contribution is 7.89. The van der Waals surface area contributed by atoms with Gasteiger partial charge in [0.1, 0.15) is 0 Å². The topological polar surface area (TPSA) is 104 Å². The molecule has 6 nitrogen and oxygen atoms in total. The lowest BCUT2D eigenvalue weighted by atomic mass is 9.86. The van der Waals surface area contributed by atoms with E-state index in [1.54, 1.807) is 12.1 Å². The van der Waals surface area contributed by atoms with E-state index in [0.717, 1.165) is 17.5 Å². The number of hydrogen-bond acceptors (Lipinski definition) is 4. The number of fused-ring (bicyclic) bond motifs is 1. The summed E-state index contributed by atoms with van der Waals surface area (Å²) in [6.07, 6.45) is 0.509. The van der Waals surface area contributed by atoms with Gasteiger partial charge >= 0.3 is 5.97 Å². The smallest absolute Gasteiger partial charge is 0.337 e. The van der Waals surface area contributed by atoms with Crippen LogP contribution in [0.25, 0.3) is 0 Å². The molecule has 0 radical (unpaired) electrons. The van der Waals surface area contributed by atoms with Crippen molar-refractivity contribution >= 4 is 27.6 Å². The summed E-state index contributed by atoms with van der Waals surface area (Å²) in [5.74, 6) is -1.32. The van der Waals surface area contributed by atoms with Crippen LogP contribution in [-0.2, 0) is 21.2 Å². The Morgan fingerprint density at radius 2 is 1.88 bits per heavy atom. The first-order chi connectivity index (χ1) is 12.3. The Hall–Kier alpha value is -1.93. The highest BCUT2D eigenvalue weighted by Crippen LogP contribution is 2.33. The second-order valence-electron chi connectivity index (χ2n) is 6.22. The molecule has 0 spiro atoms. The number of nitrogens with one attached hydrogen (secondary N) is 1. The molecular formula is C18H18ClNO5S. The van der Waals surface area contributed by atoms with Gasteiger partial charge in [0.15, 0.2) is 6.10 Å². The van der Waals surface area contributed by atoms with Crippen molar-refractivity contribution in [2.45, 2.75) is 36.3 Å². The molecule has 2 aromatic carbocycles. The van der Waals surface area contributed by atoms with E-state index in [1.165, 1.54) is 30.3 Å². The van der Waals surface area contributed by atoms with Gasteiger partial charge in [0.25, 0.3) is 0 Å². The predicted molar refractivity (Wildman–Crippen MR) is 96.5 cm³/mol. The van der Waals surface area contributed by atoms with Crippen LogP contribution in [0.15, 0.2) is 47.4 Å². The molecule has 2 atom stereocenters. The van der Waals surface area contributed by atoms with E-state index in [2.05, 4.69) is 4.72 Å². The zero-order valence-electron chi connectivity index (χ0n) is 13.7. The van der Waals surface area contributed by atoms with Crippen LogP contribution in [0.2, 0.25) is 5.02 Å². The fourth-order valence-corrected chi connectivity index (χ4v) is 4.51. The van der Waals surface area contributed by atoms with E-state index in [-0.39, 0.29) is 10.5 Å². The molecule has 138 valence electrons. The SMILES string of the molecule is O=C(O)C(O)c1ccc2c(c1)CCCC2NS(=O)(=O)c1ccc(Cl)cc1. The first-order valence-electron chi connectivity index (χ1n) is 8.09. The molecule has 1 aliphatic carbocycles. The summed E-state index contributed by atoms with van der Waals surface area (Å²) >= 11 is 5.81. The number of halogens is 1. The number of benzene rings is 2. The number of hydrogen-bond donors (Lipinski definition) is 3. The Morgan fingerprint density at radius 1 is 1.19 bits per heavy atom. The lowest BCUT2D eigenvalue weighted by Gasteiger charge is -2.27. The summed E-state index contributed by atoms with van der Waals surface area (Å²) < 4.78 is 27.9. The number of carbonyl (C=O) groups is 1. The molecule has 3 N–H and O–H groups in total. The lowest BCUT2D eigenvalue weighted by molar-refractivity contribution is -0.146. The van der Waals surface area contributed by atoms with Crippen LogP contribution in [0, 0.1) is 0 Å². The minimum atomic E-state index is -3.71. The predicted octanol–water partition coefficient (Wildman–Crippen LogP) is 2.81. The molecule has 2 aromatic rings. The number of aryl methyl sites for hydroxylation is 1. The Labute approximate surface area is 156 Å². The van der Waals surface area contributed by atoms with Crippen molar-refractivity contribution in [2.75, 3.05) is 0 Å². The van der Waals surface area contributed by atoms with Crippen LogP contribution >= 0.6 is 11.6 Å². The van der Waals surface area contributed by atoms with Crippen molar-refractivity contribution in [3.8, 4) is 0 Å². The third-order valence-corrected chi connectivity index (χ3v) is 6.19. The van der Waals surface area contributed by atoms with Crippen molar-refractivity contribution < 1.29 is 23.4 Å². The maximum atomic E-state index is 12.6. The van der Waals surface area contributed by atoms with Crippen molar-refractivity contribution in [2.24, 2.45) is 0 Å². The summed E-state index contributed by atoms with van der Waals surface area (Å²) in [6, 6.07) is 10.4. The van der Waals surface area contributed by atoms with Gasteiger partial charge in [-0.2, -0.15) is 0 Å². The molecule has 3 rings (SSSR count). The molecule has 0 aromatic heterocycles. The van der Waals surface area contributed by atoms with Gasteiger partial charge in [0.2, 0.25) is 10.0 Å². The largest absolute Gasteiger partial charge is 0.479 e. The monoisotopic (exact) mass is 395 g/mol. The van der Waals surface area contributed by atoms with E-state index in [4.69, 9.17) is 16.7 Å². The van der Waals surface area contributed by atoms with Crippen molar-refractivity contribution in [1.29, 1.82) is 0 Å². The van der Waals surface area contributed by atoms with Crippen LogP contribution in [0.3, 0.4) is 0 Å². The molecule has 1 aliphatic rings. The number of sulfonamides is 1. The molecule has 0 heterocycles. The van der Waals surface area contributed by atoms with Gasteiger partial charge in [-0.1, -0.05) is 29.8 Å². The zero-order valence-corrected chi connectivity index (χ0v) is 15.3. The number of rotatable bonds is 5. The van der Waals surface area contributed by atoms with Crippen LogP contribution < -0.4 is 4.72 Å². The molecule has 0 fully saturated rings. The lowest BCUT2D eigenvalue weighted by Crippen LogP contribution is -2.31. The second kappa shape index (κ2) is 7.36. The van der Waals surface area contributed by atoms with Gasteiger partial charge in [-0.15, -0.1) is 0 Å². The Kier molecular flexibility index (Phi) is 5.34. The minimum Gasteiger partial charge on any atom is -0.479 e. The van der Waals surface area contributed by atoms with Gasteiger partial charge in [0, 0.05) is 11.1 Å². The fourth-order valence-electron chi connectivity index (χ4n) is 3.14. The number of aliphatic hydroxyl groups is 1. The molecule has 0 aliphatic heterocycles. The Bertz CT molecular complexity index is 927. The summed E-state index contributed by atoms with van der Waals surface area (Å²) in [4.78, 5) is 11.1. The van der Waals surface area contributed by atoms with Crippen LogP contribution in [0.1, 0.15) is 41.7 Å². The van der Waals surface area contributed by atoms with E-state index >= 15 is 0 Å². The molecule has 0 saturated carbocycles. The van der Waals surface area contributed by atoms with Crippen LogP contribution in [0.4, 0.5) is 0 Å². The molecule has 0 amide bonds. The van der Waals surface area contributed by atoms with Gasteiger partial charge < -0.3 is 10.2 Å². The summed E-state index contributed by atoms with van der Waals surface area (Å²) in [7, 11) is -3.71. The number of carboxylic acid groups (broad SMARTS) is 1. The quantitative estimate of drug-likeness (QED) is 0.722. The van der Waals surface area contributed by atoms with E-state index in [0.29, 0.717) is 17.9 Å². The number of aliphatic hydroxyl groups excluding tert-OH is 1. The molecule has 26 heavy (non-hydrogen) atoms. The van der Waals surface area contributed by atoms with Gasteiger partial charge in [0.05, 0.1) is 4.90 Å². The van der Waals surface area contributed by atoms with Crippen molar-refractivity contribution in [1.82, 2.24) is 4.72 Å². The standard InChI is InChI=1S/C18H18ClNO5S/c19-13-5-7-14(8-6-13)26(24,25)20-16-3-1-2-11-10-12(4-9-15(11)16)17(21)18(22)23/h4-10,16-17,20-21H,1-3H2,(H,22,23). The molecule has 0 saturated heterocycles. The average Bonchev–Trinajstić information content (AvgIpc) is 2.61. The van der Waals surface area contributed by atoms with E-state index in [9.17, 15) is 18.3 Å². The number of aliphatic carboxylic acids is 1. The molecular weight excluding hydrogens is 378 g/mol. The maximum absolute atomic E-state index is 12.6. The molecule has 2 unspecified atom stereocenters. The third-order valence-electron chi connectivity index (χ3n) is 4.45. The highest BCUT2D eigenvalue weighted by atomic mass is 35.5. The number of carboxylic acids is 1. The van der Waals surface area contributed by atoms with Crippen molar-refractivity contribution in [3.05, 3.63) is 64.2 Å². The zero-order chi connectivity index (χ0) is 18.9.